The van der Waals surface area contributed by atoms with Gasteiger partial charge in [-0.15, -0.1) is 0 Å². The number of para-hydroxylation sites is 1. The van der Waals surface area contributed by atoms with E-state index in [2.05, 4.69) is 5.32 Å². The second-order valence-electron chi connectivity index (χ2n) is 5.23. The second-order valence-corrected chi connectivity index (χ2v) is 6.05. The Morgan fingerprint density at radius 3 is 2.40 bits per heavy atom. The summed E-state index contributed by atoms with van der Waals surface area (Å²) in [6.07, 6.45) is 0.0535. The normalized spacial score (nSPS) is 10.0. The van der Waals surface area contributed by atoms with E-state index >= 15 is 0 Å². The third-order valence-electron chi connectivity index (χ3n) is 3.43. The Hall–Kier alpha value is -2.55. The molecule has 0 radical (unpaired) electrons. The smallest absolute Gasteiger partial charge is 0.226 e. The second kappa shape index (κ2) is 8.52. The molecular formula is C18H15Cl2N3O2. The molecule has 2 aromatic carbocycles. The van der Waals surface area contributed by atoms with Crippen LogP contribution < -0.4 is 10.2 Å². The summed E-state index contributed by atoms with van der Waals surface area (Å²) in [4.78, 5) is 25.5. The lowest BCUT2D eigenvalue weighted by molar-refractivity contribution is -0.117. The number of carbonyl (C=O) groups excluding carboxylic acids is 2. The van der Waals surface area contributed by atoms with E-state index in [1.54, 1.807) is 42.5 Å². The number of hydrogen-bond acceptors (Lipinski definition) is 3. The average Bonchev–Trinajstić information content (AvgIpc) is 2.57. The van der Waals surface area contributed by atoms with Crippen LogP contribution in [0, 0.1) is 11.3 Å². The van der Waals surface area contributed by atoms with Gasteiger partial charge in [-0.25, -0.2) is 0 Å². The van der Waals surface area contributed by atoms with Crippen molar-refractivity contribution in [2.24, 2.45) is 0 Å². The highest BCUT2D eigenvalue weighted by molar-refractivity contribution is 6.39. The first-order valence-electron chi connectivity index (χ1n) is 7.44. The first-order valence-corrected chi connectivity index (χ1v) is 8.20. The molecule has 0 saturated heterocycles. The summed E-state index contributed by atoms with van der Waals surface area (Å²) in [5.41, 5.74) is 1.36. The molecule has 0 spiro atoms. The van der Waals surface area contributed by atoms with Crippen molar-refractivity contribution in [2.45, 2.75) is 13.3 Å². The maximum absolute atomic E-state index is 12.1. The molecular weight excluding hydrogens is 361 g/mol. The van der Waals surface area contributed by atoms with E-state index < -0.39 is 0 Å². The van der Waals surface area contributed by atoms with Crippen molar-refractivity contribution in [3.8, 4) is 6.07 Å². The van der Waals surface area contributed by atoms with Gasteiger partial charge in [0, 0.05) is 25.6 Å². The van der Waals surface area contributed by atoms with Crippen molar-refractivity contribution < 1.29 is 9.59 Å². The van der Waals surface area contributed by atoms with Crippen molar-refractivity contribution >= 4 is 46.4 Å². The van der Waals surface area contributed by atoms with Crippen LogP contribution >= 0.6 is 23.2 Å². The van der Waals surface area contributed by atoms with E-state index in [1.165, 1.54) is 11.8 Å². The van der Waals surface area contributed by atoms with Crippen molar-refractivity contribution in [1.29, 1.82) is 5.26 Å². The molecule has 0 unspecified atom stereocenters. The zero-order valence-corrected chi connectivity index (χ0v) is 14.9. The molecule has 0 bridgehead atoms. The lowest BCUT2D eigenvalue weighted by atomic mass is 10.2. The molecule has 1 N–H and O–H groups in total. The van der Waals surface area contributed by atoms with Gasteiger partial charge in [-0.3, -0.25) is 9.59 Å². The Morgan fingerprint density at radius 2 is 1.80 bits per heavy atom. The Morgan fingerprint density at radius 1 is 1.16 bits per heavy atom. The fourth-order valence-corrected chi connectivity index (χ4v) is 2.88. The summed E-state index contributed by atoms with van der Waals surface area (Å²) in [6.45, 7) is 1.51. The lowest BCUT2D eigenvalue weighted by Gasteiger charge is -2.23. The largest absolute Gasteiger partial charge is 0.326 e. The SMILES string of the molecule is CC(=O)N(CCC(=O)Nc1cccc(C#N)c1)c1c(Cl)cccc1Cl. The van der Waals surface area contributed by atoms with Crippen LogP contribution in [0.15, 0.2) is 42.5 Å². The van der Waals surface area contributed by atoms with Gasteiger partial charge in [-0.1, -0.05) is 35.3 Å². The van der Waals surface area contributed by atoms with Crippen molar-refractivity contribution in [3.63, 3.8) is 0 Å². The highest BCUT2D eigenvalue weighted by Crippen LogP contribution is 2.33. The van der Waals surface area contributed by atoms with Gasteiger partial charge < -0.3 is 10.2 Å². The molecule has 5 nitrogen and oxygen atoms in total. The minimum absolute atomic E-state index is 0.0535. The summed E-state index contributed by atoms with van der Waals surface area (Å²) in [6, 6.07) is 13.5. The number of hydrogen-bond donors (Lipinski definition) is 1. The molecule has 7 heteroatoms. The average molecular weight is 376 g/mol. The van der Waals surface area contributed by atoms with Crippen LogP contribution in [0.2, 0.25) is 10.0 Å². The Balaban J connectivity index is 2.07. The van der Waals surface area contributed by atoms with Crippen LogP contribution in [0.5, 0.6) is 0 Å². The molecule has 2 rings (SSSR count). The standard InChI is InChI=1S/C18H15Cl2N3O2/c1-12(24)23(18-15(19)6-3-7-16(18)20)9-8-17(25)22-14-5-2-4-13(10-14)11-21/h2-7,10H,8-9H2,1H3,(H,22,25). The quantitative estimate of drug-likeness (QED) is 0.848. The van der Waals surface area contributed by atoms with Gasteiger partial charge in [-0.05, 0) is 30.3 Å². The minimum atomic E-state index is -0.287. The third-order valence-corrected chi connectivity index (χ3v) is 4.04. The summed E-state index contributed by atoms with van der Waals surface area (Å²) < 4.78 is 0. The van der Waals surface area contributed by atoms with Gasteiger partial charge >= 0.3 is 0 Å². The third kappa shape index (κ3) is 4.96. The summed E-state index contributed by atoms with van der Waals surface area (Å²) in [7, 11) is 0. The summed E-state index contributed by atoms with van der Waals surface area (Å²) >= 11 is 12.3. The highest BCUT2D eigenvalue weighted by atomic mass is 35.5. The summed E-state index contributed by atoms with van der Waals surface area (Å²) in [5.74, 6) is -0.557. The maximum atomic E-state index is 12.1. The monoisotopic (exact) mass is 375 g/mol. The van der Waals surface area contributed by atoms with Gasteiger partial charge in [0.25, 0.3) is 0 Å². The van der Waals surface area contributed by atoms with E-state index in [4.69, 9.17) is 28.5 Å². The molecule has 0 heterocycles. The number of nitrogens with zero attached hydrogens (tertiary/aromatic N) is 2. The number of nitrogens with one attached hydrogen (secondary N) is 1. The zero-order valence-electron chi connectivity index (χ0n) is 13.4. The van der Waals surface area contributed by atoms with Crippen LogP contribution in [0.3, 0.4) is 0 Å². The molecule has 25 heavy (non-hydrogen) atoms. The van der Waals surface area contributed by atoms with E-state index in [0.717, 1.165) is 0 Å². The molecule has 0 aliphatic heterocycles. The molecule has 0 aromatic heterocycles. The number of halogens is 2. The van der Waals surface area contributed by atoms with Crippen LogP contribution in [-0.4, -0.2) is 18.4 Å². The van der Waals surface area contributed by atoms with Crippen molar-refractivity contribution in [1.82, 2.24) is 0 Å². The van der Waals surface area contributed by atoms with Crippen molar-refractivity contribution in [2.75, 3.05) is 16.8 Å². The number of carbonyl (C=O) groups is 2. The Labute approximate surface area is 155 Å². The summed E-state index contributed by atoms with van der Waals surface area (Å²) in [5, 5.41) is 12.3. The number of benzene rings is 2. The molecule has 0 aliphatic rings. The minimum Gasteiger partial charge on any atom is -0.326 e. The van der Waals surface area contributed by atoms with E-state index in [1.807, 2.05) is 6.07 Å². The predicted octanol–water partition coefficient (Wildman–Crippen LogP) is 4.25. The Bertz CT molecular complexity index is 826. The Kier molecular flexibility index (Phi) is 6.40. The van der Waals surface area contributed by atoms with E-state index in [0.29, 0.717) is 27.0 Å². The molecule has 0 atom stereocenters. The molecule has 0 saturated carbocycles. The maximum Gasteiger partial charge on any atom is 0.226 e. The topological polar surface area (TPSA) is 73.2 Å². The molecule has 2 amide bonds. The molecule has 2 aromatic rings. The first kappa shape index (κ1) is 18.8. The fourth-order valence-electron chi connectivity index (χ4n) is 2.28. The zero-order chi connectivity index (χ0) is 18.4. The number of amides is 2. The van der Waals surface area contributed by atoms with Crippen LogP contribution in [0.25, 0.3) is 0 Å². The number of anilines is 2. The van der Waals surface area contributed by atoms with E-state index in [9.17, 15) is 9.59 Å². The van der Waals surface area contributed by atoms with Crippen molar-refractivity contribution in [3.05, 3.63) is 58.1 Å². The number of nitriles is 1. The van der Waals surface area contributed by atoms with E-state index in [-0.39, 0.29) is 24.8 Å². The lowest BCUT2D eigenvalue weighted by Crippen LogP contribution is -2.32. The predicted molar refractivity (Wildman–Crippen MR) is 98.9 cm³/mol. The van der Waals surface area contributed by atoms with Crippen LogP contribution in [0.4, 0.5) is 11.4 Å². The fraction of sp³-hybridized carbons (Fsp3) is 0.167. The molecule has 128 valence electrons. The van der Waals surface area contributed by atoms with Crippen LogP contribution in [0.1, 0.15) is 18.9 Å². The van der Waals surface area contributed by atoms with Gasteiger partial charge in [-0.2, -0.15) is 5.26 Å². The van der Waals surface area contributed by atoms with Gasteiger partial charge in [0.2, 0.25) is 11.8 Å². The molecule has 0 fully saturated rings. The van der Waals surface area contributed by atoms with Gasteiger partial charge in [0.05, 0.1) is 27.4 Å². The van der Waals surface area contributed by atoms with Gasteiger partial charge in [0.1, 0.15) is 0 Å². The first-order chi connectivity index (χ1) is 11.9. The molecule has 0 aliphatic carbocycles. The highest BCUT2D eigenvalue weighted by Gasteiger charge is 2.19. The van der Waals surface area contributed by atoms with Crippen LogP contribution in [-0.2, 0) is 9.59 Å². The van der Waals surface area contributed by atoms with Gasteiger partial charge in [0.15, 0.2) is 0 Å². The number of rotatable bonds is 5.